The molecule has 0 atom stereocenters. The van der Waals surface area contributed by atoms with Crippen LogP contribution in [0.1, 0.15) is 33.6 Å². The van der Waals surface area contributed by atoms with Crippen molar-refractivity contribution in [3.63, 3.8) is 0 Å². The lowest BCUT2D eigenvalue weighted by molar-refractivity contribution is 0.0848. The van der Waals surface area contributed by atoms with E-state index in [2.05, 4.69) is 10.2 Å². The summed E-state index contributed by atoms with van der Waals surface area (Å²) in [5.74, 6) is -1.25. The molecule has 0 aliphatic carbocycles. The fourth-order valence-electron chi connectivity index (χ4n) is 2.71. The van der Waals surface area contributed by atoms with Gasteiger partial charge >= 0.3 is 0 Å². The Morgan fingerprint density at radius 1 is 0.913 bits per heavy atom. The van der Waals surface area contributed by atoms with Gasteiger partial charge in [-0.05, 0) is 49.2 Å². The van der Waals surface area contributed by atoms with E-state index in [1.54, 1.807) is 24.3 Å². The average molecular weight is 310 g/mol. The van der Waals surface area contributed by atoms with Crippen LogP contribution in [0.5, 0.6) is 5.75 Å². The van der Waals surface area contributed by atoms with Crippen LogP contribution in [-0.2, 0) is 0 Å². The Morgan fingerprint density at radius 2 is 1.57 bits per heavy atom. The first-order valence-electron chi connectivity index (χ1n) is 7.64. The van der Waals surface area contributed by atoms with E-state index in [1.165, 1.54) is 25.0 Å². The average Bonchev–Trinajstić information content (AvgIpc) is 3.09. The molecule has 1 heterocycles. The molecule has 1 aliphatic rings. The lowest BCUT2D eigenvalue weighted by Gasteiger charge is -2.17. The summed E-state index contributed by atoms with van der Waals surface area (Å²) in [4.78, 5) is 26.4. The molecule has 1 fully saturated rings. The number of para-hydroxylation sites is 1. The van der Waals surface area contributed by atoms with Crippen LogP contribution in [0.15, 0.2) is 48.5 Å². The molecule has 118 valence electrons. The van der Waals surface area contributed by atoms with Crippen molar-refractivity contribution in [2.45, 2.75) is 12.8 Å². The maximum absolute atomic E-state index is 12.1. The topological polar surface area (TPSA) is 69.6 Å². The van der Waals surface area contributed by atoms with Gasteiger partial charge in [-0.2, -0.15) is 0 Å². The Hall–Kier alpha value is -2.82. The Morgan fingerprint density at radius 3 is 2.22 bits per heavy atom. The fraction of sp³-hybridized carbons (Fsp3) is 0.222. The third kappa shape index (κ3) is 3.34. The molecular formula is C18H18N2O3. The minimum atomic E-state index is -0.614. The van der Waals surface area contributed by atoms with E-state index in [0.29, 0.717) is 5.56 Å². The second-order valence-electron chi connectivity index (χ2n) is 5.54. The fourth-order valence-corrected chi connectivity index (χ4v) is 2.71. The van der Waals surface area contributed by atoms with Gasteiger partial charge in [0.05, 0.1) is 5.56 Å². The highest BCUT2D eigenvalue weighted by molar-refractivity contribution is 6.11. The molecule has 1 saturated heterocycles. The number of benzene rings is 2. The van der Waals surface area contributed by atoms with Gasteiger partial charge in [-0.25, -0.2) is 0 Å². The lowest BCUT2D eigenvalue weighted by Crippen LogP contribution is -2.30. The number of phenolic OH excluding ortho intramolecular Hbond substituents is 1. The lowest BCUT2D eigenvalue weighted by atomic mass is 10.1. The van der Waals surface area contributed by atoms with Crippen molar-refractivity contribution in [3.05, 3.63) is 59.7 Å². The van der Waals surface area contributed by atoms with Crippen LogP contribution in [0.25, 0.3) is 0 Å². The maximum Gasteiger partial charge on any atom is 0.261 e. The Bertz CT molecular complexity index is 719. The van der Waals surface area contributed by atoms with Crippen LogP contribution in [0.2, 0.25) is 0 Å². The first kappa shape index (κ1) is 15.1. The minimum Gasteiger partial charge on any atom is -0.507 e. The number of amides is 2. The summed E-state index contributed by atoms with van der Waals surface area (Å²) in [6, 6.07) is 13.3. The predicted octanol–water partition coefficient (Wildman–Crippen LogP) is 2.56. The monoisotopic (exact) mass is 310 g/mol. The Kier molecular flexibility index (Phi) is 4.28. The number of rotatable bonds is 3. The number of aromatic hydroxyl groups is 1. The molecule has 0 bridgehead atoms. The standard InChI is InChI=1S/C18H18N2O3/c21-16-6-2-1-5-15(16)18(23)19-17(22)13-7-9-14(10-8-13)20-11-3-4-12-20/h1-2,5-10,21H,3-4,11-12H2,(H,19,22,23). The first-order valence-corrected chi connectivity index (χ1v) is 7.64. The summed E-state index contributed by atoms with van der Waals surface area (Å²) in [6.45, 7) is 2.08. The van der Waals surface area contributed by atoms with Crippen LogP contribution in [0.4, 0.5) is 5.69 Å². The molecule has 0 unspecified atom stereocenters. The summed E-state index contributed by atoms with van der Waals surface area (Å²) in [6.07, 6.45) is 2.38. The van der Waals surface area contributed by atoms with E-state index in [9.17, 15) is 14.7 Å². The van der Waals surface area contributed by atoms with Crippen LogP contribution in [0.3, 0.4) is 0 Å². The van der Waals surface area contributed by atoms with Gasteiger partial charge in [0.2, 0.25) is 0 Å². The largest absolute Gasteiger partial charge is 0.507 e. The zero-order valence-electron chi connectivity index (χ0n) is 12.7. The molecule has 0 radical (unpaired) electrons. The zero-order chi connectivity index (χ0) is 16.2. The number of imide groups is 1. The highest BCUT2D eigenvalue weighted by Gasteiger charge is 2.16. The predicted molar refractivity (Wildman–Crippen MR) is 87.8 cm³/mol. The van der Waals surface area contributed by atoms with E-state index >= 15 is 0 Å². The van der Waals surface area contributed by atoms with Crippen molar-refractivity contribution in [1.82, 2.24) is 5.32 Å². The summed E-state index contributed by atoms with van der Waals surface area (Å²) in [7, 11) is 0. The van der Waals surface area contributed by atoms with E-state index in [0.717, 1.165) is 18.8 Å². The smallest absolute Gasteiger partial charge is 0.261 e. The number of phenols is 1. The van der Waals surface area contributed by atoms with Gasteiger partial charge in [-0.3, -0.25) is 14.9 Å². The number of carbonyl (C=O) groups is 2. The second-order valence-corrected chi connectivity index (χ2v) is 5.54. The molecule has 2 N–H and O–H groups in total. The van der Waals surface area contributed by atoms with Crippen molar-refractivity contribution >= 4 is 17.5 Å². The third-order valence-electron chi connectivity index (χ3n) is 3.98. The summed E-state index contributed by atoms with van der Waals surface area (Å²) in [5, 5.41) is 11.9. The molecule has 0 aromatic heterocycles. The maximum atomic E-state index is 12.1. The number of hydrogen-bond donors (Lipinski definition) is 2. The Labute approximate surface area is 134 Å². The molecule has 0 saturated carbocycles. The van der Waals surface area contributed by atoms with Crippen LogP contribution >= 0.6 is 0 Å². The van der Waals surface area contributed by atoms with Gasteiger partial charge in [0.25, 0.3) is 11.8 Å². The van der Waals surface area contributed by atoms with Crippen molar-refractivity contribution in [1.29, 1.82) is 0 Å². The van der Waals surface area contributed by atoms with Crippen molar-refractivity contribution in [2.24, 2.45) is 0 Å². The van der Waals surface area contributed by atoms with Gasteiger partial charge < -0.3 is 10.0 Å². The number of nitrogens with zero attached hydrogens (tertiary/aromatic N) is 1. The zero-order valence-corrected chi connectivity index (χ0v) is 12.7. The van der Waals surface area contributed by atoms with Crippen LogP contribution in [0, 0.1) is 0 Å². The van der Waals surface area contributed by atoms with Gasteiger partial charge in [-0.1, -0.05) is 12.1 Å². The van der Waals surface area contributed by atoms with E-state index in [1.807, 2.05) is 12.1 Å². The van der Waals surface area contributed by atoms with E-state index in [4.69, 9.17) is 0 Å². The van der Waals surface area contributed by atoms with Crippen molar-refractivity contribution in [3.8, 4) is 5.75 Å². The number of anilines is 1. The molecule has 2 aromatic carbocycles. The number of carbonyl (C=O) groups excluding carboxylic acids is 2. The minimum absolute atomic E-state index is 0.0783. The third-order valence-corrected chi connectivity index (χ3v) is 3.98. The molecule has 0 spiro atoms. The first-order chi connectivity index (χ1) is 11.1. The van der Waals surface area contributed by atoms with E-state index < -0.39 is 11.8 Å². The second kappa shape index (κ2) is 6.52. The number of nitrogens with one attached hydrogen (secondary N) is 1. The summed E-state index contributed by atoms with van der Waals surface area (Å²) >= 11 is 0. The molecule has 23 heavy (non-hydrogen) atoms. The summed E-state index contributed by atoms with van der Waals surface area (Å²) in [5.41, 5.74) is 1.58. The van der Waals surface area contributed by atoms with Gasteiger partial charge in [0, 0.05) is 24.3 Å². The highest BCUT2D eigenvalue weighted by atomic mass is 16.3. The normalized spacial score (nSPS) is 13.8. The molecule has 5 nitrogen and oxygen atoms in total. The SMILES string of the molecule is O=C(NC(=O)c1ccccc1O)c1ccc(N2CCCC2)cc1. The molecule has 3 rings (SSSR count). The highest BCUT2D eigenvalue weighted by Crippen LogP contribution is 2.20. The molecular weight excluding hydrogens is 292 g/mol. The van der Waals surface area contributed by atoms with E-state index in [-0.39, 0.29) is 11.3 Å². The van der Waals surface area contributed by atoms with Crippen LogP contribution in [-0.4, -0.2) is 30.0 Å². The Balaban J connectivity index is 1.68. The van der Waals surface area contributed by atoms with Gasteiger partial charge in [-0.15, -0.1) is 0 Å². The van der Waals surface area contributed by atoms with Crippen LogP contribution < -0.4 is 10.2 Å². The van der Waals surface area contributed by atoms with Crippen molar-refractivity contribution < 1.29 is 14.7 Å². The van der Waals surface area contributed by atoms with Crippen molar-refractivity contribution in [2.75, 3.05) is 18.0 Å². The summed E-state index contributed by atoms with van der Waals surface area (Å²) < 4.78 is 0. The van der Waals surface area contributed by atoms with Gasteiger partial charge in [0.1, 0.15) is 5.75 Å². The quantitative estimate of drug-likeness (QED) is 0.855. The molecule has 5 heteroatoms. The molecule has 2 aromatic rings. The molecule has 1 aliphatic heterocycles. The number of hydrogen-bond acceptors (Lipinski definition) is 4. The molecule has 2 amide bonds. The van der Waals surface area contributed by atoms with Gasteiger partial charge in [0.15, 0.2) is 0 Å².